The van der Waals surface area contributed by atoms with Crippen LogP contribution < -0.4 is 0 Å². The predicted molar refractivity (Wildman–Crippen MR) is 92.7 cm³/mol. The fourth-order valence-electron chi connectivity index (χ4n) is 8.93. The van der Waals surface area contributed by atoms with Crippen molar-refractivity contribution in [1.82, 2.24) is 0 Å². The molecule has 0 heteroatoms. The molecule has 0 aliphatic heterocycles. The molecule has 22 heavy (non-hydrogen) atoms. The Bertz CT molecular complexity index is 391. The first-order valence-electron chi connectivity index (χ1n) is 10.7. The average molecular weight is 301 g/mol. The lowest BCUT2D eigenvalue weighted by molar-refractivity contribution is -0.118. The Kier molecular flexibility index (Phi) is 3.11. The second-order valence-electron chi connectivity index (χ2n) is 10.3. The molecule has 124 valence electrons. The third-order valence-corrected chi connectivity index (χ3v) is 10.0. The van der Waals surface area contributed by atoms with Gasteiger partial charge >= 0.3 is 0 Å². The summed E-state index contributed by atoms with van der Waals surface area (Å²) in [6.07, 6.45) is 24.0. The fraction of sp³-hybridized carbons (Fsp3) is 1.00. The van der Waals surface area contributed by atoms with Crippen molar-refractivity contribution in [2.45, 2.75) is 103 Å². The van der Waals surface area contributed by atoms with Crippen LogP contribution in [0.4, 0.5) is 0 Å². The Morgan fingerprint density at radius 3 is 1.41 bits per heavy atom. The third-order valence-electron chi connectivity index (χ3n) is 10.0. The maximum absolute atomic E-state index is 2.44. The Hall–Kier alpha value is 0. The van der Waals surface area contributed by atoms with E-state index < -0.39 is 0 Å². The van der Waals surface area contributed by atoms with Gasteiger partial charge < -0.3 is 0 Å². The number of hydrogen-bond acceptors (Lipinski definition) is 0. The van der Waals surface area contributed by atoms with Crippen molar-refractivity contribution in [1.29, 1.82) is 0 Å². The molecule has 0 aromatic carbocycles. The summed E-state index contributed by atoms with van der Waals surface area (Å²) in [4.78, 5) is 0. The van der Waals surface area contributed by atoms with Crippen LogP contribution >= 0.6 is 0 Å². The molecule has 5 saturated carbocycles. The average Bonchev–Trinajstić information content (AvgIpc) is 3.35. The second-order valence-corrected chi connectivity index (χ2v) is 10.3. The highest BCUT2D eigenvalue weighted by molar-refractivity contribution is 5.17. The summed E-state index contributed by atoms with van der Waals surface area (Å²) in [5, 5.41) is 0. The zero-order chi connectivity index (χ0) is 14.8. The molecule has 0 N–H and O–H groups in total. The zero-order valence-corrected chi connectivity index (χ0v) is 14.8. The highest BCUT2D eigenvalue weighted by atomic mass is 14.7. The van der Waals surface area contributed by atoms with Crippen molar-refractivity contribution < 1.29 is 0 Å². The third kappa shape index (κ3) is 1.66. The van der Waals surface area contributed by atoms with E-state index >= 15 is 0 Å². The molecule has 0 saturated heterocycles. The first-order chi connectivity index (χ1) is 10.7. The van der Waals surface area contributed by atoms with Gasteiger partial charge in [-0.25, -0.2) is 0 Å². The molecular weight excluding hydrogens is 264 g/mol. The lowest BCUT2D eigenvalue weighted by Gasteiger charge is -2.61. The molecule has 0 unspecified atom stereocenters. The lowest BCUT2D eigenvalue weighted by atomic mass is 9.43. The van der Waals surface area contributed by atoms with Gasteiger partial charge in [0.2, 0.25) is 0 Å². The Morgan fingerprint density at radius 1 is 0.636 bits per heavy atom. The predicted octanol–water partition coefficient (Wildman–Crippen LogP) is 6.73. The maximum Gasteiger partial charge on any atom is -0.0184 e. The number of rotatable bonds is 3. The summed E-state index contributed by atoms with van der Waals surface area (Å²) in [5.74, 6) is 3.34. The topological polar surface area (TPSA) is 0 Å². The molecule has 5 aliphatic rings. The SMILES string of the molecule is CCC1CCC(C23CCC(CC2)C3)(C23CCC(CC2)C3)CC1. The van der Waals surface area contributed by atoms with Gasteiger partial charge in [-0.3, -0.25) is 0 Å². The summed E-state index contributed by atoms with van der Waals surface area (Å²) in [5.41, 5.74) is 2.42. The van der Waals surface area contributed by atoms with Crippen LogP contribution in [0.5, 0.6) is 0 Å². The van der Waals surface area contributed by atoms with Gasteiger partial charge in [0.05, 0.1) is 0 Å². The highest BCUT2D eigenvalue weighted by Gasteiger charge is 2.67. The van der Waals surface area contributed by atoms with Crippen molar-refractivity contribution >= 4 is 0 Å². The molecule has 0 amide bonds. The van der Waals surface area contributed by atoms with E-state index in [1.54, 1.807) is 89.9 Å². The van der Waals surface area contributed by atoms with Gasteiger partial charge in [-0.05, 0) is 124 Å². The standard InChI is InChI=1S/C22H36/c1-2-17-7-13-22(14-8-17,20-9-3-18(15-20)4-10-20)21-11-5-19(16-21)6-12-21/h17-19H,2-16H2,1H3. The number of fused-ring (bicyclic) bond motifs is 4. The smallest absolute Gasteiger partial charge is 0.0184 e. The van der Waals surface area contributed by atoms with Crippen molar-refractivity contribution in [3.05, 3.63) is 0 Å². The molecule has 0 nitrogen and oxygen atoms in total. The van der Waals surface area contributed by atoms with E-state index in [1.807, 2.05) is 0 Å². The molecule has 0 spiro atoms. The van der Waals surface area contributed by atoms with Gasteiger partial charge in [0.15, 0.2) is 0 Å². The normalized spacial score (nSPS) is 56.9. The van der Waals surface area contributed by atoms with Gasteiger partial charge in [0.1, 0.15) is 0 Å². The second kappa shape index (κ2) is 4.76. The van der Waals surface area contributed by atoms with Crippen LogP contribution in [0.1, 0.15) is 103 Å². The van der Waals surface area contributed by atoms with E-state index in [0.29, 0.717) is 0 Å². The van der Waals surface area contributed by atoms with E-state index in [-0.39, 0.29) is 0 Å². The molecule has 0 radical (unpaired) electrons. The quantitative estimate of drug-likeness (QED) is 0.542. The summed E-state index contributed by atoms with van der Waals surface area (Å²) < 4.78 is 0. The zero-order valence-electron chi connectivity index (χ0n) is 14.8. The van der Waals surface area contributed by atoms with Crippen LogP contribution in [0, 0.1) is 34.0 Å². The maximum atomic E-state index is 2.44. The molecule has 0 atom stereocenters. The van der Waals surface area contributed by atoms with E-state index in [1.165, 1.54) is 6.42 Å². The van der Waals surface area contributed by atoms with E-state index in [9.17, 15) is 0 Å². The van der Waals surface area contributed by atoms with Crippen molar-refractivity contribution in [2.75, 3.05) is 0 Å². The molecule has 5 rings (SSSR count). The van der Waals surface area contributed by atoms with Gasteiger partial charge in [-0.2, -0.15) is 0 Å². The molecule has 5 fully saturated rings. The first-order valence-corrected chi connectivity index (χ1v) is 10.7. The van der Waals surface area contributed by atoms with Gasteiger partial charge in [-0.1, -0.05) is 13.3 Å². The van der Waals surface area contributed by atoms with Crippen LogP contribution in [0.2, 0.25) is 0 Å². The summed E-state index contributed by atoms with van der Waals surface area (Å²) in [6, 6.07) is 0. The first kappa shape index (κ1) is 14.4. The van der Waals surface area contributed by atoms with Gasteiger partial charge in [0, 0.05) is 0 Å². The van der Waals surface area contributed by atoms with Crippen LogP contribution in [-0.2, 0) is 0 Å². The van der Waals surface area contributed by atoms with Crippen LogP contribution in [0.25, 0.3) is 0 Å². The molecule has 0 aromatic heterocycles. The summed E-state index contributed by atoms with van der Waals surface area (Å²) in [6.45, 7) is 2.44. The summed E-state index contributed by atoms with van der Waals surface area (Å²) >= 11 is 0. The largest absolute Gasteiger partial charge is 0.0651 e. The van der Waals surface area contributed by atoms with E-state index in [2.05, 4.69) is 6.92 Å². The minimum absolute atomic E-state index is 0.794. The molecular formula is C22H36. The minimum atomic E-state index is 0.794. The van der Waals surface area contributed by atoms with Crippen molar-refractivity contribution in [3.8, 4) is 0 Å². The van der Waals surface area contributed by atoms with Crippen LogP contribution in [0.3, 0.4) is 0 Å². The summed E-state index contributed by atoms with van der Waals surface area (Å²) in [7, 11) is 0. The van der Waals surface area contributed by atoms with Crippen LogP contribution in [0.15, 0.2) is 0 Å². The van der Waals surface area contributed by atoms with Crippen LogP contribution in [-0.4, -0.2) is 0 Å². The Labute approximate surface area is 137 Å². The molecule has 0 heterocycles. The van der Waals surface area contributed by atoms with Gasteiger partial charge in [-0.15, -0.1) is 0 Å². The van der Waals surface area contributed by atoms with Crippen molar-refractivity contribution in [3.63, 3.8) is 0 Å². The molecule has 0 aromatic rings. The minimum Gasteiger partial charge on any atom is -0.0651 e. The highest BCUT2D eigenvalue weighted by Crippen LogP contribution is 2.77. The Balaban J connectivity index is 1.55. The lowest BCUT2D eigenvalue weighted by Crippen LogP contribution is -2.52. The van der Waals surface area contributed by atoms with E-state index in [0.717, 1.165) is 34.0 Å². The van der Waals surface area contributed by atoms with Crippen molar-refractivity contribution in [2.24, 2.45) is 34.0 Å². The number of hydrogen-bond donors (Lipinski definition) is 0. The fourth-order valence-corrected chi connectivity index (χ4v) is 8.93. The Morgan fingerprint density at radius 2 is 1.09 bits per heavy atom. The molecule has 4 bridgehead atoms. The molecule has 5 aliphatic carbocycles. The van der Waals surface area contributed by atoms with E-state index in [4.69, 9.17) is 0 Å². The monoisotopic (exact) mass is 300 g/mol. The van der Waals surface area contributed by atoms with Gasteiger partial charge in [0.25, 0.3) is 0 Å².